The second kappa shape index (κ2) is 3.14. The predicted molar refractivity (Wildman–Crippen MR) is 45.4 cm³/mol. The molecule has 1 atom stereocenters. The zero-order valence-corrected chi connectivity index (χ0v) is 6.90. The van der Waals surface area contributed by atoms with Crippen LogP contribution in [0.3, 0.4) is 0 Å². The maximum atomic E-state index is 10.6. The number of nitro benzene ring substituents is 1. The number of nitro groups is 1. The molecule has 0 unspecified atom stereocenters. The highest BCUT2D eigenvalue weighted by Gasteiger charge is 2.26. The van der Waals surface area contributed by atoms with Crippen molar-refractivity contribution < 1.29 is 9.66 Å². The van der Waals surface area contributed by atoms with Crippen LogP contribution in [0.4, 0.5) is 5.69 Å². The minimum absolute atomic E-state index is 0.137. The van der Waals surface area contributed by atoms with E-state index in [9.17, 15) is 10.1 Å². The Kier molecular flexibility index (Phi) is 1.98. The van der Waals surface area contributed by atoms with Gasteiger partial charge in [-0.2, -0.15) is 0 Å². The highest BCUT2D eigenvalue weighted by atomic mass is 16.6. The SMILES string of the molecule is O=[N+]([O-])c1c[c]ccc1C[C@H]1CO1. The molecule has 1 heterocycles. The molecule has 0 aromatic heterocycles. The minimum Gasteiger partial charge on any atom is -0.373 e. The molecule has 1 aromatic rings. The molecular formula is C9H8NO3. The lowest BCUT2D eigenvalue weighted by molar-refractivity contribution is -0.385. The highest BCUT2D eigenvalue weighted by molar-refractivity contribution is 5.39. The third kappa shape index (κ3) is 1.84. The lowest BCUT2D eigenvalue weighted by Gasteiger charge is -1.98. The molecule has 13 heavy (non-hydrogen) atoms. The molecule has 0 N–H and O–H groups in total. The van der Waals surface area contributed by atoms with Gasteiger partial charge in [0.1, 0.15) is 0 Å². The van der Waals surface area contributed by atoms with Gasteiger partial charge in [0.05, 0.1) is 17.6 Å². The molecule has 4 heteroatoms. The summed E-state index contributed by atoms with van der Waals surface area (Å²) >= 11 is 0. The summed E-state index contributed by atoms with van der Waals surface area (Å²) in [6, 6.07) is 7.50. The second-order valence-corrected chi connectivity index (χ2v) is 2.97. The van der Waals surface area contributed by atoms with Crippen LogP contribution in [-0.4, -0.2) is 17.6 Å². The summed E-state index contributed by atoms with van der Waals surface area (Å²) in [6.45, 7) is 0.718. The van der Waals surface area contributed by atoms with Crippen LogP contribution < -0.4 is 0 Å². The van der Waals surface area contributed by atoms with E-state index in [4.69, 9.17) is 4.74 Å². The second-order valence-electron chi connectivity index (χ2n) is 2.97. The number of benzene rings is 1. The van der Waals surface area contributed by atoms with E-state index in [1.807, 2.05) is 0 Å². The molecule has 1 fully saturated rings. The Balaban J connectivity index is 2.25. The summed E-state index contributed by atoms with van der Waals surface area (Å²) in [5, 5.41) is 10.6. The average molecular weight is 178 g/mol. The zero-order chi connectivity index (χ0) is 9.26. The summed E-state index contributed by atoms with van der Waals surface area (Å²) in [5.41, 5.74) is 0.865. The van der Waals surface area contributed by atoms with Crippen LogP contribution in [0.5, 0.6) is 0 Å². The highest BCUT2D eigenvalue weighted by Crippen LogP contribution is 2.23. The summed E-state index contributed by atoms with van der Waals surface area (Å²) in [4.78, 5) is 10.2. The van der Waals surface area contributed by atoms with E-state index in [2.05, 4.69) is 6.07 Å². The summed E-state index contributed by atoms with van der Waals surface area (Å²) in [6.07, 6.45) is 0.812. The third-order valence-electron chi connectivity index (χ3n) is 1.98. The van der Waals surface area contributed by atoms with Gasteiger partial charge in [-0.15, -0.1) is 0 Å². The van der Waals surface area contributed by atoms with Crippen LogP contribution in [0.1, 0.15) is 5.56 Å². The Morgan fingerprint density at radius 3 is 3.15 bits per heavy atom. The van der Waals surface area contributed by atoms with Gasteiger partial charge in [0, 0.05) is 18.1 Å². The number of rotatable bonds is 3. The zero-order valence-electron chi connectivity index (χ0n) is 6.90. The molecule has 1 aromatic carbocycles. The van der Waals surface area contributed by atoms with Gasteiger partial charge >= 0.3 is 0 Å². The molecule has 1 aliphatic rings. The standard InChI is InChI=1S/C9H8NO3/c11-10(12)9-4-2-1-3-7(9)5-8-6-13-8/h1,3-4,8H,5-6H2/t8-/m0/s1. The van der Waals surface area contributed by atoms with E-state index in [1.54, 1.807) is 12.1 Å². The number of ether oxygens (including phenoxy) is 1. The van der Waals surface area contributed by atoms with Crippen LogP contribution in [0.2, 0.25) is 0 Å². The number of nitrogens with zero attached hydrogens (tertiary/aromatic N) is 1. The Morgan fingerprint density at radius 2 is 2.54 bits per heavy atom. The van der Waals surface area contributed by atoms with Gasteiger partial charge < -0.3 is 4.74 Å². The fraction of sp³-hybridized carbons (Fsp3) is 0.333. The number of hydrogen-bond donors (Lipinski definition) is 0. The van der Waals surface area contributed by atoms with Crippen LogP contribution in [0.15, 0.2) is 18.2 Å². The summed E-state index contributed by atoms with van der Waals surface area (Å²) in [5.74, 6) is 0. The molecule has 1 radical (unpaired) electrons. The molecule has 1 aliphatic heterocycles. The van der Waals surface area contributed by atoms with Crippen molar-refractivity contribution in [2.45, 2.75) is 12.5 Å². The van der Waals surface area contributed by atoms with Gasteiger partial charge in [-0.05, 0) is 6.07 Å². The molecule has 0 bridgehead atoms. The van der Waals surface area contributed by atoms with E-state index in [-0.39, 0.29) is 16.7 Å². The van der Waals surface area contributed by atoms with Crippen molar-refractivity contribution in [2.75, 3.05) is 6.61 Å². The Labute approximate surface area is 75.3 Å². The normalized spacial score (nSPS) is 19.8. The van der Waals surface area contributed by atoms with Crippen LogP contribution in [0, 0.1) is 16.2 Å². The van der Waals surface area contributed by atoms with Gasteiger partial charge in [0.2, 0.25) is 0 Å². The molecule has 0 aliphatic carbocycles. The first-order valence-corrected chi connectivity index (χ1v) is 4.02. The van der Waals surface area contributed by atoms with Gasteiger partial charge in [0.15, 0.2) is 0 Å². The Morgan fingerprint density at radius 1 is 1.77 bits per heavy atom. The third-order valence-corrected chi connectivity index (χ3v) is 1.98. The van der Waals surface area contributed by atoms with Crippen molar-refractivity contribution >= 4 is 5.69 Å². The number of hydrogen-bond acceptors (Lipinski definition) is 3. The largest absolute Gasteiger partial charge is 0.373 e. The fourth-order valence-corrected chi connectivity index (χ4v) is 1.23. The van der Waals surface area contributed by atoms with E-state index in [1.165, 1.54) is 6.07 Å². The first kappa shape index (κ1) is 8.19. The lowest BCUT2D eigenvalue weighted by Crippen LogP contribution is -1.98. The molecule has 2 rings (SSSR count). The first-order chi connectivity index (χ1) is 6.27. The number of epoxide rings is 1. The van der Waals surface area contributed by atoms with Gasteiger partial charge in [-0.3, -0.25) is 10.1 Å². The van der Waals surface area contributed by atoms with Crippen LogP contribution in [0.25, 0.3) is 0 Å². The average Bonchev–Trinajstić information content (AvgIpc) is 2.89. The molecule has 0 amide bonds. The molecular weight excluding hydrogens is 170 g/mol. The van der Waals surface area contributed by atoms with Crippen molar-refractivity contribution in [1.82, 2.24) is 0 Å². The molecule has 4 nitrogen and oxygen atoms in total. The first-order valence-electron chi connectivity index (χ1n) is 4.02. The monoisotopic (exact) mass is 178 g/mol. The van der Waals surface area contributed by atoms with E-state index in [0.717, 1.165) is 12.2 Å². The van der Waals surface area contributed by atoms with Crippen LogP contribution >= 0.6 is 0 Å². The van der Waals surface area contributed by atoms with Crippen molar-refractivity contribution in [2.24, 2.45) is 0 Å². The van der Waals surface area contributed by atoms with Crippen molar-refractivity contribution in [3.63, 3.8) is 0 Å². The predicted octanol–water partition coefficient (Wildman–Crippen LogP) is 1.34. The minimum atomic E-state index is -0.381. The smallest absolute Gasteiger partial charge is 0.273 e. The molecule has 0 saturated carbocycles. The lowest BCUT2D eigenvalue weighted by atomic mass is 10.1. The topological polar surface area (TPSA) is 55.7 Å². The molecule has 0 spiro atoms. The van der Waals surface area contributed by atoms with E-state index < -0.39 is 0 Å². The van der Waals surface area contributed by atoms with Crippen molar-refractivity contribution in [3.05, 3.63) is 39.9 Å². The Hall–Kier alpha value is -1.42. The summed E-state index contributed by atoms with van der Waals surface area (Å²) in [7, 11) is 0. The fourth-order valence-electron chi connectivity index (χ4n) is 1.23. The van der Waals surface area contributed by atoms with Crippen molar-refractivity contribution in [3.8, 4) is 0 Å². The van der Waals surface area contributed by atoms with E-state index in [0.29, 0.717) is 6.42 Å². The Bertz CT molecular complexity index is 333. The van der Waals surface area contributed by atoms with Gasteiger partial charge in [0.25, 0.3) is 5.69 Å². The van der Waals surface area contributed by atoms with Crippen LogP contribution in [-0.2, 0) is 11.2 Å². The quantitative estimate of drug-likeness (QED) is 0.398. The summed E-state index contributed by atoms with van der Waals surface area (Å²) < 4.78 is 5.01. The van der Waals surface area contributed by atoms with Gasteiger partial charge in [-0.25, -0.2) is 0 Å². The van der Waals surface area contributed by atoms with E-state index >= 15 is 0 Å². The molecule has 1 saturated heterocycles. The maximum absolute atomic E-state index is 10.6. The van der Waals surface area contributed by atoms with Gasteiger partial charge in [-0.1, -0.05) is 12.1 Å². The maximum Gasteiger partial charge on any atom is 0.273 e. The van der Waals surface area contributed by atoms with Crippen molar-refractivity contribution in [1.29, 1.82) is 0 Å². The molecule has 67 valence electrons.